The van der Waals surface area contributed by atoms with Crippen molar-refractivity contribution in [2.24, 2.45) is 5.92 Å². The molecule has 1 aromatic carbocycles. The molecule has 3 N–H and O–H groups in total. The summed E-state index contributed by atoms with van der Waals surface area (Å²) >= 11 is 0. The maximum absolute atomic E-state index is 13.4. The number of methoxy groups -OCH3 is 1. The lowest BCUT2D eigenvalue weighted by atomic mass is 9.77. The SMILES string of the molecule is CNC[C@H](C)NC(=O)N1CCCCC1[C@@](O)(CCCCOC)c1ccccc1OCC1CCCC1. The summed E-state index contributed by atoms with van der Waals surface area (Å²) in [6, 6.07) is 7.52. The van der Waals surface area contributed by atoms with E-state index in [0.29, 0.717) is 38.6 Å². The summed E-state index contributed by atoms with van der Waals surface area (Å²) in [5, 5.41) is 18.7. The van der Waals surface area contributed by atoms with E-state index in [0.717, 1.165) is 43.4 Å². The number of aliphatic hydroxyl groups is 1. The van der Waals surface area contributed by atoms with E-state index in [-0.39, 0.29) is 18.1 Å². The molecule has 2 fully saturated rings. The van der Waals surface area contributed by atoms with Crippen LogP contribution in [-0.2, 0) is 10.3 Å². The molecule has 7 nitrogen and oxygen atoms in total. The molecule has 7 heteroatoms. The molecule has 0 bridgehead atoms. The Morgan fingerprint density at radius 1 is 1.17 bits per heavy atom. The Morgan fingerprint density at radius 3 is 2.66 bits per heavy atom. The third-order valence-electron chi connectivity index (χ3n) is 7.65. The molecule has 198 valence electrons. The molecular formula is C28H47N3O4. The van der Waals surface area contributed by atoms with E-state index in [2.05, 4.69) is 10.6 Å². The van der Waals surface area contributed by atoms with Crippen molar-refractivity contribution in [3.8, 4) is 5.75 Å². The van der Waals surface area contributed by atoms with Crippen molar-refractivity contribution >= 4 is 6.03 Å². The minimum absolute atomic E-state index is 0.00639. The number of nitrogens with zero attached hydrogens (tertiary/aromatic N) is 1. The zero-order valence-electron chi connectivity index (χ0n) is 22.1. The van der Waals surface area contributed by atoms with Crippen molar-refractivity contribution in [3.63, 3.8) is 0 Å². The van der Waals surface area contributed by atoms with Crippen LogP contribution >= 0.6 is 0 Å². The average Bonchev–Trinajstić information content (AvgIpc) is 3.39. The second kappa shape index (κ2) is 14.0. The Kier molecular flexibility index (Phi) is 11.1. The predicted octanol–water partition coefficient (Wildman–Crippen LogP) is 4.43. The topological polar surface area (TPSA) is 83.1 Å². The summed E-state index contributed by atoms with van der Waals surface area (Å²) < 4.78 is 11.6. The number of ether oxygens (including phenoxy) is 2. The fraction of sp³-hybridized carbons (Fsp3) is 0.750. The molecule has 1 saturated heterocycles. The van der Waals surface area contributed by atoms with Gasteiger partial charge in [0.2, 0.25) is 0 Å². The summed E-state index contributed by atoms with van der Waals surface area (Å²) in [5.74, 6) is 1.34. The molecule has 1 heterocycles. The zero-order chi connectivity index (χ0) is 25.1. The van der Waals surface area contributed by atoms with Crippen LogP contribution in [0.2, 0.25) is 0 Å². The van der Waals surface area contributed by atoms with Gasteiger partial charge in [-0.2, -0.15) is 0 Å². The second-order valence-electron chi connectivity index (χ2n) is 10.4. The highest BCUT2D eigenvalue weighted by Crippen LogP contribution is 2.42. The van der Waals surface area contributed by atoms with E-state index in [4.69, 9.17) is 9.47 Å². The fourth-order valence-electron chi connectivity index (χ4n) is 5.78. The third-order valence-corrected chi connectivity index (χ3v) is 7.65. The number of hydrogen-bond donors (Lipinski definition) is 3. The molecule has 0 radical (unpaired) electrons. The van der Waals surface area contributed by atoms with Crippen LogP contribution in [0.1, 0.15) is 76.7 Å². The number of benzene rings is 1. The van der Waals surface area contributed by atoms with Crippen molar-refractivity contribution in [1.29, 1.82) is 0 Å². The van der Waals surface area contributed by atoms with Crippen molar-refractivity contribution in [3.05, 3.63) is 29.8 Å². The Hall–Kier alpha value is -1.83. The van der Waals surface area contributed by atoms with Crippen molar-refractivity contribution in [2.75, 3.05) is 40.5 Å². The molecule has 2 amide bonds. The molecule has 0 aromatic heterocycles. The van der Waals surface area contributed by atoms with E-state index < -0.39 is 5.60 Å². The number of para-hydroxylation sites is 1. The van der Waals surface area contributed by atoms with Gasteiger partial charge in [-0.15, -0.1) is 0 Å². The van der Waals surface area contributed by atoms with Crippen LogP contribution in [0.25, 0.3) is 0 Å². The van der Waals surface area contributed by atoms with E-state index in [1.165, 1.54) is 25.7 Å². The number of likely N-dealkylation sites (tertiary alicyclic amines) is 1. The normalized spacial score (nSPS) is 21.5. The van der Waals surface area contributed by atoms with Gasteiger partial charge in [-0.1, -0.05) is 31.0 Å². The molecule has 2 aliphatic rings. The molecular weight excluding hydrogens is 442 g/mol. The molecule has 3 rings (SSSR count). The molecule has 35 heavy (non-hydrogen) atoms. The first-order valence-corrected chi connectivity index (χ1v) is 13.6. The van der Waals surface area contributed by atoms with Gasteiger partial charge >= 0.3 is 6.03 Å². The molecule has 1 aromatic rings. The molecule has 3 atom stereocenters. The quantitative estimate of drug-likeness (QED) is 0.357. The van der Waals surface area contributed by atoms with Crippen molar-refractivity contribution < 1.29 is 19.4 Å². The van der Waals surface area contributed by atoms with Gasteiger partial charge in [-0.05, 0) is 77.3 Å². The maximum atomic E-state index is 13.4. The Morgan fingerprint density at radius 2 is 1.91 bits per heavy atom. The fourth-order valence-corrected chi connectivity index (χ4v) is 5.78. The summed E-state index contributed by atoms with van der Waals surface area (Å²) in [7, 11) is 3.59. The lowest BCUT2D eigenvalue weighted by molar-refractivity contribution is -0.0632. The Labute approximate surface area is 211 Å². The molecule has 1 aliphatic carbocycles. The van der Waals surface area contributed by atoms with Crippen LogP contribution in [0, 0.1) is 5.92 Å². The van der Waals surface area contributed by atoms with Gasteiger partial charge in [0, 0.05) is 38.4 Å². The minimum atomic E-state index is -1.19. The van der Waals surface area contributed by atoms with Gasteiger partial charge in [0.05, 0.1) is 12.6 Å². The Balaban J connectivity index is 1.88. The van der Waals surface area contributed by atoms with Gasteiger partial charge in [0.1, 0.15) is 11.4 Å². The number of nitrogens with one attached hydrogen (secondary N) is 2. The highest BCUT2D eigenvalue weighted by Gasteiger charge is 2.45. The molecule has 0 spiro atoms. The summed E-state index contributed by atoms with van der Waals surface area (Å²) in [6.45, 7) is 4.69. The van der Waals surface area contributed by atoms with Crippen LogP contribution in [-0.4, -0.2) is 68.6 Å². The number of urea groups is 1. The summed E-state index contributed by atoms with van der Waals surface area (Å²) in [4.78, 5) is 15.2. The standard InChI is InChI=1S/C28H47N3O4/c1-22(20-29-2)30-27(32)31-18-10-8-16-26(31)28(33,17-9-11-19-34-3)24-14-6-7-15-25(24)35-21-23-12-4-5-13-23/h6-7,14-15,22-23,26,29,33H,4-5,8-13,16-21H2,1-3H3,(H,30,32)/t22-,26?,28+/m0/s1. The number of likely N-dealkylation sites (N-methyl/N-ethyl adjacent to an activating group) is 1. The summed E-state index contributed by atoms with van der Waals surface area (Å²) in [6.07, 6.45) is 9.91. The number of rotatable bonds is 13. The number of amides is 2. The van der Waals surface area contributed by atoms with Crippen molar-refractivity contribution in [2.45, 2.75) is 88.8 Å². The highest BCUT2D eigenvalue weighted by molar-refractivity contribution is 5.75. The van der Waals surface area contributed by atoms with Crippen molar-refractivity contribution in [1.82, 2.24) is 15.5 Å². The molecule has 1 saturated carbocycles. The first kappa shape index (κ1) is 27.8. The maximum Gasteiger partial charge on any atom is 0.318 e. The van der Waals surface area contributed by atoms with E-state index in [1.54, 1.807) is 7.11 Å². The average molecular weight is 490 g/mol. The van der Waals surface area contributed by atoms with E-state index in [1.807, 2.05) is 43.1 Å². The number of carbonyl (C=O) groups excluding carboxylic acids is 1. The summed E-state index contributed by atoms with van der Waals surface area (Å²) in [5.41, 5.74) is -0.382. The Bertz CT molecular complexity index is 770. The first-order chi connectivity index (χ1) is 17.0. The van der Waals surface area contributed by atoms with Gasteiger partial charge < -0.3 is 30.1 Å². The lowest BCUT2D eigenvalue weighted by Gasteiger charge is -2.46. The predicted molar refractivity (Wildman–Crippen MR) is 140 cm³/mol. The minimum Gasteiger partial charge on any atom is -0.493 e. The van der Waals surface area contributed by atoms with Crippen LogP contribution in [0.15, 0.2) is 24.3 Å². The van der Waals surface area contributed by atoms with Crippen LogP contribution < -0.4 is 15.4 Å². The zero-order valence-corrected chi connectivity index (χ0v) is 22.1. The number of hydrogen-bond acceptors (Lipinski definition) is 5. The van der Waals surface area contributed by atoms with Gasteiger partial charge in [-0.3, -0.25) is 0 Å². The van der Waals surface area contributed by atoms with Crippen LogP contribution in [0.4, 0.5) is 4.79 Å². The van der Waals surface area contributed by atoms with Crippen LogP contribution in [0.5, 0.6) is 5.75 Å². The number of carbonyl (C=O) groups is 1. The van der Waals surface area contributed by atoms with Crippen LogP contribution in [0.3, 0.4) is 0 Å². The monoisotopic (exact) mass is 489 g/mol. The highest BCUT2D eigenvalue weighted by atomic mass is 16.5. The molecule has 1 aliphatic heterocycles. The number of unbranched alkanes of at least 4 members (excludes halogenated alkanes) is 1. The largest absolute Gasteiger partial charge is 0.493 e. The first-order valence-electron chi connectivity index (χ1n) is 13.6. The van der Waals surface area contributed by atoms with Gasteiger partial charge in [0.15, 0.2) is 0 Å². The van der Waals surface area contributed by atoms with Gasteiger partial charge in [0.25, 0.3) is 0 Å². The third kappa shape index (κ3) is 7.58. The van der Waals surface area contributed by atoms with Gasteiger partial charge in [-0.25, -0.2) is 4.79 Å². The smallest absolute Gasteiger partial charge is 0.318 e. The lowest BCUT2D eigenvalue weighted by Crippen LogP contribution is -2.59. The number of piperidine rings is 1. The van der Waals surface area contributed by atoms with E-state index >= 15 is 0 Å². The second-order valence-corrected chi connectivity index (χ2v) is 10.4. The van der Waals surface area contributed by atoms with E-state index in [9.17, 15) is 9.90 Å². The molecule has 1 unspecified atom stereocenters.